The summed E-state index contributed by atoms with van der Waals surface area (Å²) in [5.74, 6) is 1.33. The van der Waals surface area contributed by atoms with E-state index in [-0.39, 0.29) is 36.5 Å². The van der Waals surface area contributed by atoms with Gasteiger partial charge in [-0.05, 0) is 32.9 Å². The van der Waals surface area contributed by atoms with Gasteiger partial charge in [0.1, 0.15) is 6.61 Å². The molecule has 2 rings (SSSR count). The van der Waals surface area contributed by atoms with Crippen LogP contribution in [0.5, 0.6) is 11.5 Å². The summed E-state index contributed by atoms with van der Waals surface area (Å²) in [7, 11) is 3.58. The van der Waals surface area contributed by atoms with Gasteiger partial charge in [-0.1, -0.05) is 12.1 Å². The van der Waals surface area contributed by atoms with Crippen LogP contribution in [-0.4, -0.2) is 68.7 Å². The largest absolute Gasteiger partial charge is 0.486 e. The second kappa shape index (κ2) is 8.40. The maximum Gasteiger partial charge on any atom is 0.277 e. The molecule has 0 bridgehead atoms. The molecule has 144 valence electrons. The number of likely N-dealkylation sites (N-methyl/N-ethyl adjacent to an activating group) is 2. The molecule has 1 aromatic rings. The monoisotopic (exact) mass is 364 g/mol. The topological polar surface area (TPSA) is 72.3 Å². The number of amides is 2. The number of fused-ring (bicyclic) bond motifs is 1. The van der Waals surface area contributed by atoms with Crippen LogP contribution >= 0.6 is 0 Å². The second-order valence-corrected chi connectivity index (χ2v) is 7.88. The second-order valence-electron chi connectivity index (χ2n) is 7.88. The van der Waals surface area contributed by atoms with Gasteiger partial charge in [-0.3, -0.25) is 9.59 Å². The summed E-state index contributed by atoms with van der Waals surface area (Å²) in [6, 6.07) is 7.50. The smallest absolute Gasteiger partial charge is 0.277 e. The minimum Gasteiger partial charge on any atom is -0.486 e. The van der Waals surface area contributed by atoms with Crippen molar-refractivity contribution in [2.75, 3.05) is 40.3 Å². The highest BCUT2D eigenvalue weighted by Gasteiger charge is 2.25. The van der Waals surface area contributed by atoms with E-state index in [9.17, 15) is 9.59 Å². The Hall–Kier alpha value is -2.28. The van der Waals surface area contributed by atoms with Crippen molar-refractivity contribution in [3.63, 3.8) is 0 Å². The number of nitrogens with one attached hydrogen (secondary N) is 2. The molecule has 0 aliphatic carbocycles. The molecule has 7 heteroatoms. The van der Waals surface area contributed by atoms with Crippen LogP contribution in [0.1, 0.15) is 20.8 Å². The van der Waals surface area contributed by atoms with Gasteiger partial charge in [0, 0.05) is 12.6 Å². The third kappa shape index (κ3) is 6.22. The van der Waals surface area contributed by atoms with Crippen molar-refractivity contribution in [2.24, 2.45) is 0 Å². The van der Waals surface area contributed by atoms with E-state index in [0.29, 0.717) is 18.9 Å². The Balaban J connectivity index is 1.78. The molecule has 2 atom stereocenters. The standard InChI is InChI=1S/C19H29N3O4/c1-19(2,3)20-17(23)11-21(4)12-18(24)22(5)10-14-13-25-15-8-6-7-9-16(15)26-14/h6-9,14H,10-13H2,1-5H3,(H,20,23)/p+1/t14-/m0/s1. The number of hydrogen-bond acceptors (Lipinski definition) is 4. The Labute approximate surface area is 155 Å². The number of ether oxygens (including phenoxy) is 2. The number of carbonyl (C=O) groups is 2. The molecule has 0 fully saturated rings. The number of rotatable bonds is 6. The van der Waals surface area contributed by atoms with Crippen molar-refractivity contribution in [1.29, 1.82) is 0 Å². The lowest BCUT2D eigenvalue weighted by atomic mass is 10.1. The average Bonchev–Trinajstić information content (AvgIpc) is 2.52. The first-order valence-electron chi connectivity index (χ1n) is 8.89. The Kier molecular flexibility index (Phi) is 6.47. The maximum absolute atomic E-state index is 12.4. The third-order valence-electron chi connectivity index (χ3n) is 3.90. The molecule has 1 heterocycles. The SMILES string of the molecule is CN(C[C@H]1COc2ccccc2O1)C(=O)C[NH+](C)CC(=O)NC(C)(C)C. The zero-order valence-corrected chi connectivity index (χ0v) is 16.3. The minimum absolute atomic E-state index is 0.0338. The van der Waals surface area contributed by atoms with E-state index in [1.54, 1.807) is 11.9 Å². The van der Waals surface area contributed by atoms with E-state index in [1.807, 2.05) is 52.1 Å². The van der Waals surface area contributed by atoms with Crippen LogP contribution in [0.2, 0.25) is 0 Å². The molecule has 1 aliphatic rings. The highest BCUT2D eigenvalue weighted by molar-refractivity contribution is 5.79. The predicted octanol–water partition coefficient (Wildman–Crippen LogP) is -0.286. The van der Waals surface area contributed by atoms with Crippen molar-refractivity contribution in [3.8, 4) is 11.5 Å². The van der Waals surface area contributed by atoms with Crippen LogP contribution in [0.15, 0.2) is 24.3 Å². The fourth-order valence-electron chi connectivity index (χ4n) is 2.75. The normalized spacial score (nSPS) is 17.3. The molecule has 26 heavy (non-hydrogen) atoms. The molecular formula is C19H30N3O4+. The van der Waals surface area contributed by atoms with Gasteiger partial charge in [0.05, 0.1) is 13.6 Å². The molecule has 0 saturated carbocycles. The van der Waals surface area contributed by atoms with Gasteiger partial charge in [0.25, 0.3) is 11.8 Å². The summed E-state index contributed by atoms with van der Waals surface area (Å²) < 4.78 is 11.6. The Morgan fingerprint density at radius 3 is 2.54 bits per heavy atom. The Morgan fingerprint density at radius 1 is 1.23 bits per heavy atom. The van der Waals surface area contributed by atoms with Crippen molar-refractivity contribution in [1.82, 2.24) is 10.2 Å². The highest BCUT2D eigenvalue weighted by Crippen LogP contribution is 2.30. The zero-order chi connectivity index (χ0) is 19.3. The fourth-order valence-corrected chi connectivity index (χ4v) is 2.75. The van der Waals surface area contributed by atoms with Crippen molar-refractivity contribution < 1.29 is 24.0 Å². The number of benzene rings is 1. The first-order valence-corrected chi connectivity index (χ1v) is 8.89. The zero-order valence-electron chi connectivity index (χ0n) is 16.3. The molecule has 1 unspecified atom stereocenters. The van der Waals surface area contributed by atoms with E-state index in [4.69, 9.17) is 9.47 Å². The number of carbonyl (C=O) groups excluding carboxylic acids is 2. The number of hydrogen-bond donors (Lipinski definition) is 2. The summed E-state index contributed by atoms with van der Waals surface area (Å²) in [5, 5.41) is 2.91. The van der Waals surface area contributed by atoms with Crippen LogP contribution < -0.4 is 19.7 Å². The average molecular weight is 364 g/mol. The quantitative estimate of drug-likeness (QED) is 0.728. The van der Waals surface area contributed by atoms with Crippen molar-refractivity contribution in [2.45, 2.75) is 32.4 Å². The molecule has 1 aromatic carbocycles. The van der Waals surface area contributed by atoms with Gasteiger partial charge in [-0.2, -0.15) is 0 Å². The Morgan fingerprint density at radius 2 is 1.88 bits per heavy atom. The van der Waals surface area contributed by atoms with Gasteiger partial charge in [-0.25, -0.2) is 0 Å². The molecule has 0 radical (unpaired) electrons. The van der Waals surface area contributed by atoms with Crippen LogP contribution in [0, 0.1) is 0 Å². The molecule has 2 amide bonds. The molecule has 0 spiro atoms. The van der Waals surface area contributed by atoms with E-state index in [1.165, 1.54) is 0 Å². The van der Waals surface area contributed by atoms with Crippen molar-refractivity contribution >= 4 is 11.8 Å². The summed E-state index contributed by atoms with van der Waals surface area (Å²) in [5.41, 5.74) is -0.271. The van der Waals surface area contributed by atoms with Gasteiger partial charge >= 0.3 is 0 Å². The predicted molar refractivity (Wildman–Crippen MR) is 98.5 cm³/mol. The van der Waals surface area contributed by atoms with Crippen LogP contribution in [0.3, 0.4) is 0 Å². The van der Waals surface area contributed by atoms with Crippen LogP contribution in [0.25, 0.3) is 0 Å². The van der Waals surface area contributed by atoms with Gasteiger partial charge in [0.2, 0.25) is 0 Å². The van der Waals surface area contributed by atoms with E-state index in [2.05, 4.69) is 5.32 Å². The third-order valence-corrected chi connectivity index (χ3v) is 3.90. The lowest BCUT2D eigenvalue weighted by Gasteiger charge is -2.30. The van der Waals surface area contributed by atoms with Gasteiger partial charge in [0.15, 0.2) is 30.7 Å². The van der Waals surface area contributed by atoms with Crippen molar-refractivity contribution in [3.05, 3.63) is 24.3 Å². The number of quaternary nitrogens is 1. The van der Waals surface area contributed by atoms with E-state index >= 15 is 0 Å². The molecule has 0 aromatic heterocycles. The maximum atomic E-state index is 12.4. The number of nitrogens with zero attached hydrogens (tertiary/aromatic N) is 1. The lowest BCUT2D eigenvalue weighted by molar-refractivity contribution is -0.863. The Bertz CT molecular complexity index is 642. The fraction of sp³-hybridized carbons (Fsp3) is 0.579. The summed E-state index contributed by atoms with van der Waals surface area (Å²) in [6.45, 7) is 7.15. The van der Waals surface area contributed by atoms with Gasteiger partial charge < -0.3 is 24.6 Å². The van der Waals surface area contributed by atoms with Crippen LogP contribution in [-0.2, 0) is 9.59 Å². The first-order chi connectivity index (χ1) is 12.1. The van der Waals surface area contributed by atoms with Gasteiger partial charge in [-0.15, -0.1) is 0 Å². The first kappa shape index (κ1) is 20.0. The lowest BCUT2D eigenvalue weighted by Crippen LogP contribution is -3.11. The number of para-hydroxylation sites is 2. The highest BCUT2D eigenvalue weighted by atomic mass is 16.6. The molecule has 1 aliphatic heterocycles. The molecule has 2 N–H and O–H groups in total. The van der Waals surface area contributed by atoms with Crippen LogP contribution in [0.4, 0.5) is 0 Å². The van der Waals surface area contributed by atoms with E-state index in [0.717, 1.165) is 10.6 Å². The molecular weight excluding hydrogens is 334 g/mol. The summed E-state index contributed by atoms with van der Waals surface area (Å²) >= 11 is 0. The minimum atomic E-state index is -0.271. The summed E-state index contributed by atoms with van der Waals surface area (Å²) in [4.78, 5) is 26.9. The van der Waals surface area contributed by atoms with E-state index < -0.39 is 0 Å². The molecule has 0 saturated heterocycles. The summed E-state index contributed by atoms with van der Waals surface area (Å²) in [6.07, 6.45) is -0.205. The molecule has 7 nitrogen and oxygen atoms in total.